The highest BCUT2D eigenvalue weighted by Gasteiger charge is 2.34. The average Bonchev–Trinajstić information content (AvgIpc) is 2.27. The Kier molecular flexibility index (Phi) is 5.19. The number of hydrogen-bond donors (Lipinski definition) is 0. The molecule has 1 aromatic rings. The second-order valence-electron chi connectivity index (χ2n) is 3.54. The van der Waals surface area contributed by atoms with Gasteiger partial charge < -0.3 is 4.90 Å². The minimum atomic E-state index is -4.58. The van der Waals surface area contributed by atoms with E-state index in [1.165, 1.54) is 12.1 Å². The molecule has 1 rings (SSSR count). The molecule has 0 aliphatic carbocycles. The lowest BCUT2D eigenvalue weighted by Crippen LogP contribution is -2.32. The maximum Gasteiger partial charge on any atom is 0.418 e. The number of anilines is 1. The molecule has 0 bridgehead atoms. The summed E-state index contributed by atoms with van der Waals surface area (Å²) in [4.78, 5) is 0.945. The first-order valence-electron chi connectivity index (χ1n) is 5.11. The van der Waals surface area contributed by atoms with E-state index in [9.17, 15) is 22.0 Å². The number of nitrogens with zero attached hydrogens (tertiary/aromatic N) is 1. The van der Waals surface area contributed by atoms with Gasteiger partial charge in [0.15, 0.2) is 0 Å². The van der Waals surface area contributed by atoms with Gasteiger partial charge in [-0.15, -0.1) is 11.6 Å². The van der Waals surface area contributed by atoms with E-state index in [1.54, 1.807) is 0 Å². The van der Waals surface area contributed by atoms with Crippen LogP contribution in [0.1, 0.15) is 5.56 Å². The van der Waals surface area contributed by atoms with Crippen molar-refractivity contribution in [3.63, 3.8) is 0 Å². The summed E-state index contributed by atoms with van der Waals surface area (Å²) in [7, 11) is 0. The number of hydrogen-bond acceptors (Lipinski definition) is 1. The van der Waals surface area contributed by atoms with E-state index in [1.807, 2.05) is 0 Å². The molecule has 0 amide bonds. The van der Waals surface area contributed by atoms with Gasteiger partial charge in [-0.25, -0.2) is 8.78 Å². The number of rotatable bonds is 5. The van der Waals surface area contributed by atoms with Crippen LogP contribution in [0.15, 0.2) is 24.3 Å². The van der Waals surface area contributed by atoms with E-state index in [0.717, 1.165) is 17.0 Å². The number of alkyl halides is 6. The summed E-state index contributed by atoms with van der Waals surface area (Å²) in [5, 5.41) is 0. The topological polar surface area (TPSA) is 3.24 Å². The van der Waals surface area contributed by atoms with Crippen molar-refractivity contribution in [2.24, 2.45) is 0 Å². The Labute approximate surface area is 106 Å². The third-order valence-corrected chi connectivity index (χ3v) is 2.43. The molecular weight excluding hydrogens is 277 g/mol. The standard InChI is InChI=1S/C11H11ClF5N/c12-5-6-18(7-10(13)14)9-4-2-1-3-8(9)11(15,16)17/h1-4,10H,5-7H2. The molecule has 0 saturated carbocycles. The molecule has 0 aliphatic heterocycles. The van der Waals surface area contributed by atoms with Gasteiger partial charge in [-0.2, -0.15) is 13.2 Å². The van der Waals surface area contributed by atoms with Gasteiger partial charge in [-0.1, -0.05) is 12.1 Å². The predicted octanol–water partition coefficient (Wildman–Crippen LogP) is 4.02. The van der Waals surface area contributed by atoms with Gasteiger partial charge in [-0.3, -0.25) is 0 Å². The van der Waals surface area contributed by atoms with Crippen LogP contribution in [-0.4, -0.2) is 25.4 Å². The lowest BCUT2D eigenvalue weighted by Gasteiger charge is -2.26. The fourth-order valence-corrected chi connectivity index (χ4v) is 1.77. The van der Waals surface area contributed by atoms with Crippen LogP contribution in [-0.2, 0) is 6.18 Å². The molecule has 0 heterocycles. The molecule has 0 N–H and O–H groups in total. The average molecular weight is 288 g/mol. The van der Waals surface area contributed by atoms with Crippen LogP contribution in [0.2, 0.25) is 0 Å². The molecule has 102 valence electrons. The monoisotopic (exact) mass is 287 g/mol. The van der Waals surface area contributed by atoms with E-state index < -0.39 is 24.7 Å². The first-order chi connectivity index (χ1) is 8.36. The van der Waals surface area contributed by atoms with Crippen LogP contribution >= 0.6 is 11.6 Å². The summed E-state index contributed by atoms with van der Waals surface area (Å²) in [6, 6.07) is 4.62. The Bertz CT molecular complexity index is 380. The van der Waals surface area contributed by atoms with E-state index in [2.05, 4.69) is 0 Å². The largest absolute Gasteiger partial charge is 0.418 e. The third kappa shape index (κ3) is 4.01. The van der Waals surface area contributed by atoms with Crippen LogP contribution in [0.3, 0.4) is 0 Å². The molecule has 0 atom stereocenters. The van der Waals surface area contributed by atoms with E-state index in [0.29, 0.717) is 0 Å². The predicted molar refractivity (Wildman–Crippen MR) is 60.4 cm³/mol. The van der Waals surface area contributed by atoms with Crippen LogP contribution < -0.4 is 4.90 Å². The van der Waals surface area contributed by atoms with Gasteiger partial charge in [0.25, 0.3) is 6.43 Å². The van der Waals surface area contributed by atoms with Crippen molar-refractivity contribution < 1.29 is 22.0 Å². The van der Waals surface area contributed by atoms with Gasteiger partial charge in [0.1, 0.15) is 0 Å². The Morgan fingerprint density at radius 2 is 1.78 bits per heavy atom. The Balaban J connectivity index is 3.11. The molecule has 7 heteroatoms. The van der Waals surface area contributed by atoms with Crippen LogP contribution in [0, 0.1) is 0 Å². The third-order valence-electron chi connectivity index (χ3n) is 2.26. The smallest absolute Gasteiger partial charge is 0.364 e. The Hall–Kier alpha value is -1.04. The van der Waals surface area contributed by atoms with Gasteiger partial charge in [0, 0.05) is 18.1 Å². The summed E-state index contributed by atoms with van der Waals surface area (Å²) < 4.78 is 62.9. The molecule has 0 unspecified atom stereocenters. The SMILES string of the molecule is FC(F)CN(CCCl)c1ccccc1C(F)(F)F. The van der Waals surface area contributed by atoms with E-state index in [-0.39, 0.29) is 18.1 Å². The fourth-order valence-electron chi connectivity index (χ4n) is 1.57. The fraction of sp³-hybridized carbons (Fsp3) is 0.455. The first kappa shape index (κ1) is 15.0. The van der Waals surface area contributed by atoms with E-state index in [4.69, 9.17) is 11.6 Å². The molecule has 0 aliphatic rings. The lowest BCUT2D eigenvalue weighted by atomic mass is 10.1. The van der Waals surface area contributed by atoms with Crippen molar-refractivity contribution in [3.05, 3.63) is 29.8 Å². The van der Waals surface area contributed by atoms with Gasteiger partial charge in [0.2, 0.25) is 0 Å². The normalized spacial score (nSPS) is 11.9. The van der Waals surface area contributed by atoms with Crippen LogP contribution in [0.5, 0.6) is 0 Å². The van der Waals surface area contributed by atoms with Crippen LogP contribution in [0.25, 0.3) is 0 Å². The highest BCUT2D eigenvalue weighted by molar-refractivity contribution is 6.18. The second-order valence-corrected chi connectivity index (χ2v) is 3.92. The summed E-state index contributed by atoms with van der Waals surface area (Å²) in [6.07, 6.45) is -7.31. The Morgan fingerprint density at radius 3 is 2.28 bits per heavy atom. The van der Waals surface area contributed by atoms with Crippen molar-refractivity contribution in [2.45, 2.75) is 12.6 Å². The van der Waals surface area contributed by atoms with Crippen molar-refractivity contribution >= 4 is 17.3 Å². The Morgan fingerprint density at radius 1 is 1.17 bits per heavy atom. The summed E-state index contributed by atoms with van der Waals surface area (Å²) >= 11 is 5.43. The maximum absolute atomic E-state index is 12.7. The zero-order valence-corrected chi connectivity index (χ0v) is 9.98. The first-order valence-corrected chi connectivity index (χ1v) is 5.65. The molecule has 1 nitrogen and oxygen atoms in total. The molecule has 0 radical (unpaired) electrons. The van der Waals surface area contributed by atoms with Crippen molar-refractivity contribution in [2.75, 3.05) is 23.9 Å². The second kappa shape index (κ2) is 6.22. The summed E-state index contributed by atoms with van der Waals surface area (Å²) in [5.74, 6) is -0.0289. The van der Waals surface area contributed by atoms with Gasteiger partial charge in [-0.05, 0) is 12.1 Å². The van der Waals surface area contributed by atoms with Gasteiger partial charge >= 0.3 is 6.18 Å². The highest BCUT2D eigenvalue weighted by Crippen LogP contribution is 2.36. The molecular formula is C11H11ClF5N. The summed E-state index contributed by atoms with van der Waals surface area (Å²) in [6.45, 7) is -0.848. The molecule has 0 saturated heterocycles. The highest BCUT2D eigenvalue weighted by atomic mass is 35.5. The molecule has 0 aromatic heterocycles. The molecule has 0 spiro atoms. The van der Waals surface area contributed by atoms with Crippen molar-refractivity contribution in [1.29, 1.82) is 0 Å². The molecule has 1 aromatic carbocycles. The summed E-state index contributed by atoms with van der Waals surface area (Å²) in [5.41, 5.74) is -1.21. The zero-order chi connectivity index (χ0) is 13.8. The van der Waals surface area contributed by atoms with Crippen LogP contribution in [0.4, 0.5) is 27.6 Å². The maximum atomic E-state index is 12.7. The number of para-hydroxylation sites is 1. The quantitative estimate of drug-likeness (QED) is 0.584. The van der Waals surface area contributed by atoms with Crippen molar-refractivity contribution in [3.8, 4) is 0 Å². The molecule has 18 heavy (non-hydrogen) atoms. The molecule has 0 fully saturated rings. The van der Waals surface area contributed by atoms with E-state index >= 15 is 0 Å². The number of benzene rings is 1. The minimum Gasteiger partial charge on any atom is -0.364 e. The number of halogens is 6. The van der Waals surface area contributed by atoms with Crippen molar-refractivity contribution in [1.82, 2.24) is 0 Å². The zero-order valence-electron chi connectivity index (χ0n) is 9.22. The van der Waals surface area contributed by atoms with Gasteiger partial charge in [0.05, 0.1) is 12.1 Å². The lowest BCUT2D eigenvalue weighted by molar-refractivity contribution is -0.137. The minimum absolute atomic E-state index is 0.0289.